The van der Waals surface area contributed by atoms with Crippen LogP contribution >= 0.6 is 7.82 Å². The van der Waals surface area contributed by atoms with E-state index in [9.17, 15) is 19.0 Å². The Kier molecular flexibility index (Phi) is 43.4. The van der Waals surface area contributed by atoms with Gasteiger partial charge >= 0.3 is 5.97 Å². The smallest absolute Gasteiger partial charge is 0.306 e. The monoisotopic (exact) mass is 921 g/mol. The van der Waals surface area contributed by atoms with E-state index >= 15 is 0 Å². The average Bonchev–Trinajstić information content (AvgIpc) is 3.25. The molecule has 0 saturated heterocycles. The fourth-order valence-corrected chi connectivity index (χ4v) is 8.05. The number of unbranched alkanes of at least 4 members (excludes halogenated alkanes) is 25. The zero-order valence-electron chi connectivity index (χ0n) is 42.5. The molecule has 1 N–H and O–H groups in total. The average molecular weight is 921 g/mol. The molecule has 0 bridgehead atoms. The van der Waals surface area contributed by atoms with Gasteiger partial charge in [-0.3, -0.25) is 14.2 Å². The number of rotatable bonds is 47. The first-order valence-corrected chi connectivity index (χ1v) is 27.9. The van der Waals surface area contributed by atoms with Gasteiger partial charge in [0.1, 0.15) is 19.3 Å². The summed E-state index contributed by atoms with van der Waals surface area (Å²) in [5.74, 6) is -0.638. The summed E-state index contributed by atoms with van der Waals surface area (Å²) >= 11 is 0. The van der Waals surface area contributed by atoms with Crippen LogP contribution in [0, 0.1) is 0 Å². The number of esters is 1. The SMILES string of the molecule is CCCCCCCC/C=C\C/C=C/CCC(=O)NC(COP(=O)([O-])OCC[N+](C)(C)C)C(/C=C/CCCCCCCCCCCC)OC(=O)CCCCC/C=C\CCCCCCCC. The number of nitrogens with one attached hydrogen (secondary N) is 1. The Morgan fingerprint density at radius 2 is 0.969 bits per heavy atom. The number of ether oxygens (including phenoxy) is 1. The zero-order valence-corrected chi connectivity index (χ0v) is 43.4. The normalized spacial score (nSPS) is 14.3. The maximum Gasteiger partial charge on any atom is 0.306 e. The third-order valence-corrected chi connectivity index (χ3v) is 12.5. The molecule has 0 aromatic rings. The number of hydrogen-bond acceptors (Lipinski definition) is 7. The van der Waals surface area contributed by atoms with Crippen molar-refractivity contribution in [1.29, 1.82) is 0 Å². The number of nitrogens with zero attached hydrogens (tertiary/aromatic N) is 1. The molecular formula is C54H101N2O7P. The highest BCUT2D eigenvalue weighted by molar-refractivity contribution is 7.45. The van der Waals surface area contributed by atoms with Crippen molar-refractivity contribution in [2.45, 2.75) is 245 Å². The Bertz CT molecular complexity index is 1240. The number of carbonyl (C=O) groups excluding carboxylic acids is 2. The molecule has 0 aromatic carbocycles. The molecule has 0 spiro atoms. The van der Waals surface area contributed by atoms with Crippen molar-refractivity contribution in [1.82, 2.24) is 5.32 Å². The number of phosphoric acid groups is 1. The van der Waals surface area contributed by atoms with Gasteiger partial charge in [-0.25, -0.2) is 0 Å². The topological polar surface area (TPSA) is 114 Å². The van der Waals surface area contributed by atoms with E-state index in [1.807, 2.05) is 33.3 Å². The summed E-state index contributed by atoms with van der Waals surface area (Å²) in [5, 5.41) is 2.96. The zero-order chi connectivity index (χ0) is 47.3. The fourth-order valence-electron chi connectivity index (χ4n) is 7.33. The van der Waals surface area contributed by atoms with E-state index < -0.39 is 26.6 Å². The van der Waals surface area contributed by atoms with Gasteiger partial charge < -0.3 is 28.5 Å². The lowest BCUT2D eigenvalue weighted by atomic mass is 10.1. The van der Waals surface area contributed by atoms with Crippen molar-refractivity contribution in [3.8, 4) is 0 Å². The van der Waals surface area contributed by atoms with Crippen molar-refractivity contribution in [2.75, 3.05) is 40.9 Å². The second-order valence-corrected chi connectivity index (χ2v) is 20.4. The molecule has 0 fully saturated rings. The minimum absolute atomic E-state index is 0.0338. The second-order valence-electron chi connectivity index (χ2n) is 19.0. The van der Waals surface area contributed by atoms with Crippen LogP contribution in [-0.4, -0.2) is 69.4 Å². The van der Waals surface area contributed by atoms with Crippen molar-refractivity contribution >= 4 is 19.7 Å². The lowest BCUT2D eigenvalue weighted by molar-refractivity contribution is -0.870. The standard InChI is InChI=1S/C54H101N2O7P/c1-7-10-13-16-19-22-25-28-31-34-37-40-43-46-53(57)55-51(50-62-64(59,60)61-49-48-56(4,5)6)52(45-42-39-36-33-30-27-24-21-18-15-12-9-3)63-54(58)47-44-41-38-35-32-29-26-23-20-17-14-11-8-2/h28-29,31-32,37,40,42,45,51-52H,7-27,30,33-36,38-39,41,43-44,46-50H2,1-6H3,(H-,55,57,59,60)/b31-28-,32-29-,40-37+,45-42+. The first-order chi connectivity index (χ1) is 30.9. The molecule has 0 aliphatic carbocycles. The van der Waals surface area contributed by atoms with Crippen LogP contribution in [0.25, 0.3) is 0 Å². The van der Waals surface area contributed by atoms with Gasteiger partial charge in [0.25, 0.3) is 7.82 Å². The van der Waals surface area contributed by atoms with Crippen molar-refractivity contribution in [3.05, 3.63) is 48.6 Å². The number of phosphoric ester groups is 1. The van der Waals surface area contributed by atoms with Gasteiger partial charge in [0.05, 0.1) is 33.8 Å². The molecule has 0 saturated carbocycles. The minimum Gasteiger partial charge on any atom is -0.756 e. The molecule has 10 heteroatoms. The van der Waals surface area contributed by atoms with Crippen LogP contribution in [-0.2, 0) is 27.9 Å². The van der Waals surface area contributed by atoms with Crippen LogP contribution in [0.5, 0.6) is 0 Å². The van der Waals surface area contributed by atoms with Crippen LogP contribution in [0.4, 0.5) is 0 Å². The first-order valence-electron chi connectivity index (χ1n) is 26.4. The van der Waals surface area contributed by atoms with Crippen LogP contribution < -0.4 is 10.2 Å². The van der Waals surface area contributed by atoms with Crippen LogP contribution in [0.1, 0.15) is 233 Å². The molecule has 0 rings (SSSR count). The summed E-state index contributed by atoms with van der Waals surface area (Å²) in [6.07, 6.45) is 52.4. The molecular weight excluding hydrogens is 820 g/mol. The highest BCUT2D eigenvalue weighted by atomic mass is 31.2. The quantitative estimate of drug-likeness (QED) is 0.0213. The van der Waals surface area contributed by atoms with Crippen molar-refractivity contribution in [2.24, 2.45) is 0 Å². The predicted molar refractivity (Wildman–Crippen MR) is 270 cm³/mol. The number of quaternary nitrogens is 1. The maximum atomic E-state index is 13.4. The number of carbonyl (C=O) groups is 2. The van der Waals surface area contributed by atoms with Crippen LogP contribution in [0.3, 0.4) is 0 Å². The minimum atomic E-state index is -4.70. The Balaban J connectivity index is 5.53. The number of allylic oxidation sites excluding steroid dienone is 7. The van der Waals surface area contributed by atoms with Gasteiger partial charge in [0.15, 0.2) is 0 Å². The first kappa shape index (κ1) is 62.0. The van der Waals surface area contributed by atoms with E-state index in [-0.39, 0.29) is 31.3 Å². The Morgan fingerprint density at radius 3 is 1.45 bits per heavy atom. The molecule has 374 valence electrons. The number of likely N-dealkylation sites (N-methyl/N-ethyl adjacent to an activating group) is 1. The Morgan fingerprint density at radius 1 is 0.547 bits per heavy atom. The van der Waals surface area contributed by atoms with Gasteiger partial charge in [-0.05, 0) is 76.7 Å². The van der Waals surface area contributed by atoms with Gasteiger partial charge in [-0.1, -0.05) is 192 Å². The maximum absolute atomic E-state index is 13.4. The lowest BCUT2D eigenvalue weighted by Crippen LogP contribution is -2.47. The second kappa shape index (κ2) is 44.8. The van der Waals surface area contributed by atoms with Crippen LogP contribution in [0.15, 0.2) is 48.6 Å². The molecule has 64 heavy (non-hydrogen) atoms. The molecule has 0 radical (unpaired) electrons. The molecule has 0 aliphatic rings. The Hall–Kier alpha value is -2.03. The van der Waals surface area contributed by atoms with E-state index in [1.165, 1.54) is 128 Å². The predicted octanol–water partition coefficient (Wildman–Crippen LogP) is 14.7. The molecule has 1 amide bonds. The van der Waals surface area contributed by atoms with E-state index in [1.54, 1.807) is 6.08 Å². The molecule has 0 aliphatic heterocycles. The van der Waals surface area contributed by atoms with E-state index in [0.29, 0.717) is 23.9 Å². The highest BCUT2D eigenvalue weighted by Gasteiger charge is 2.27. The van der Waals surface area contributed by atoms with Gasteiger partial charge in [-0.15, -0.1) is 0 Å². The van der Waals surface area contributed by atoms with E-state index in [4.69, 9.17) is 13.8 Å². The summed E-state index contributed by atoms with van der Waals surface area (Å²) in [4.78, 5) is 39.6. The molecule has 3 unspecified atom stereocenters. The van der Waals surface area contributed by atoms with Crippen LogP contribution in [0.2, 0.25) is 0 Å². The molecule has 0 aromatic heterocycles. The van der Waals surface area contributed by atoms with E-state index in [0.717, 1.165) is 57.8 Å². The fraction of sp³-hybridized carbons (Fsp3) is 0.815. The van der Waals surface area contributed by atoms with E-state index in [2.05, 4.69) is 56.5 Å². The van der Waals surface area contributed by atoms with Gasteiger partial charge in [0, 0.05) is 12.8 Å². The summed E-state index contributed by atoms with van der Waals surface area (Å²) in [6, 6.07) is -0.921. The summed E-state index contributed by atoms with van der Waals surface area (Å²) < 4.78 is 30.0. The summed E-state index contributed by atoms with van der Waals surface area (Å²) in [7, 11) is 1.14. The van der Waals surface area contributed by atoms with Crippen molar-refractivity contribution < 1.29 is 37.3 Å². The largest absolute Gasteiger partial charge is 0.756 e. The molecule has 0 heterocycles. The Labute approximate surface area is 395 Å². The lowest BCUT2D eigenvalue weighted by Gasteiger charge is -2.30. The van der Waals surface area contributed by atoms with Gasteiger partial charge in [-0.2, -0.15) is 0 Å². The number of hydrogen-bond donors (Lipinski definition) is 1. The third-order valence-electron chi connectivity index (χ3n) is 11.5. The molecule has 3 atom stereocenters. The third kappa shape index (κ3) is 45.1. The molecule has 9 nitrogen and oxygen atoms in total. The van der Waals surface area contributed by atoms with Crippen molar-refractivity contribution in [3.63, 3.8) is 0 Å². The van der Waals surface area contributed by atoms with Gasteiger partial charge in [0.2, 0.25) is 5.91 Å². The summed E-state index contributed by atoms with van der Waals surface area (Å²) in [6.45, 7) is 6.75. The highest BCUT2D eigenvalue weighted by Crippen LogP contribution is 2.38. The summed E-state index contributed by atoms with van der Waals surface area (Å²) in [5.41, 5.74) is 0. The number of amides is 1.